The predicted octanol–water partition coefficient (Wildman–Crippen LogP) is 4.47. The minimum absolute atomic E-state index is 0.130. The fourth-order valence-electron chi connectivity index (χ4n) is 3.86. The standard InChI is InChI=1S/C23H24N2O2S/c26-22(25-17-20-7-4-14-28-20)23(9-12-27-13-10-23)15-18-5-1-2-8-21(18)19-6-3-11-24-16-19/h1-8,11,14,16H,9-10,12-13,15,17H2,(H,25,26). The lowest BCUT2D eigenvalue weighted by molar-refractivity contribution is -0.136. The monoisotopic (exact) mass is 392 g/mol. The van der Waals surface area contributed by atoms with Crippen LogP contribution in [-0.2, 0) is 22.5 Å². The number of carbonyl (C=O) groups excluding carboxylic acids is 1. The van der Waals surface area contributed by atoms with Crippen molar-refractivity contribution in [3.8, 4) is 11.1 Å². The second-order valence-electron chi connectivity index (χ2n) is 7.23. The van der Waals surface area contributed by atoms with Gasteiger partial charge in [0.15, 0.2) is 0 Å². The summed E-state index contributed by atoms with van der Waals surface area (Å²) >= 11 is 1.67. The van der Waals surface area contributed by atoms with E-state index >= 15 is 0 Å². The summed E-state index contributed by atoms with van der Waals surface area (Å²) in [5, 5.41) is 5.22. The summed E-state index contributed by atoms with van der Waals surface area (Å²) in [6, 6.07) is 16.4. The zero-order chi connectivity index (χ0) is 19.2. The molecule has 2 aromatic heterocycles. The minimum Gasteiger partial charge on any atom is -0.381 e. The average Bonchev–Trinajstić information content (AvgIpc) is 3.27. The molecule has 0 radical (unpaired) electrons. The number of amides is 1. The van der Waals surface area contributed by atoms with Gasteiger partial charge in [0.25, 0.3) is 0 Å². The normalized spacial score (nSPS) is 15.9. The van der Waals surface area contributed by atoms with E-state index in [0.717, 1.165) is 24.0 Å². The van der Waals surface area contributed by atoms with Crippen LogP contribution < -0.4 is 5.32 Å². The van der Waals surface area contributed by atoms with Crippen LogP contribution >= 0.6 is 11.3 Å². The summed E-state index contributed by atoms with van der Waals surface area (Å²) in [7, 11) is 0. The van der Waals surface area contributed by atoms with E-state index in [4.69, 9.17) is 4.74 Å². The highest BCUT2D eigenvalue weighted by atomic mass is 32.1. The first-order valence-corrected chi connectivity index (χ1v) is 10.5. The van der Waals surface area contributed by atoms with Crippen molar-refractivity contribution >= 4 is 17.2 Å². The number of pyridine rings is 1. The summed E-state index contributed by atoms with van der Waals surface area (Å²) in [6.45, 7) is 1.84. The van der Waals surface area contributed by atoms with Gasteiger partial charge in [0.05, 0.1) is 12.0 Å². The van der Waals surface area contributed by atoms with E-state index in [9.17, 15) is 4.79 Å². The van der Waals surface area contributed by atoms with Crippen molar-refractivity contribution in [3.63, 3.8) is 0 Å². The molecule has 1 amide bonds. The van der Waals surface area contributed by atoms with Crippen molar-refractivity contribution in [3.05, 3.63) is 76.7 Å². The largest absolute Gasteiger partial charge is 0.381 e. The molecule has 0 aliphatic carbocycles. The molecule has 1 N–H and O–H groups in total. The summed E-state index contributed by atoms with van der Waals surface area (Å²) in [5.74, 6) is 0.130. The summed E-state index contributed by atoms with van der Waals surface area (Å²) in [5.41, 5.74) is 2.98. The third kappa shape index (κ3) is 4.16. The van der Waals surface area contributed by atoms with E-state index in [0.29, 0.717) is 26.2 Å². The molecule has 0 spiro atoms. The first-order chi connectivity index (χ1) is 13.8. The van der Waals surface area contributed by atoms with Crippen LogP contribution in [0, 0.1) is 5.41 Å². The minimum atomic E-state index is -0.437. The second kappa shape index (κ2) is 8.67. The summed E-state index contributed by atoms with van der Waals surface area (Å²) < 4.78 is 5.59. The highest BCUT2D eigenvalue weighted by Crippen LogP contribution is 2.37. The molecule has 1 aromatic carbocycles. The molecule has 1 aliphatic heterocycles. The lowest BCUT2D eigenvalue weighted by Crippen LogP contribution is -2.45. The van der Waals surface area contributed by atoms with Gasteiger partial charge in [-0.15, -0.1) is 11.3 Å². The number of thiophene rings is 1. The highest BCUT2D eigenvalue weighted by Gasteiger charge is 2.40. The van der Waals surface area contributed by atoms with Gasteiger partial charge < -0.3 is 10.1 Å². The molecule has 0 unspecified atom stereocenters. The van der Waals surface area contributed by atoms with Crippen LogP contribution in [0.2, 0.25) is 0 Å². The van der Waals surface area contributed by atoms with Gasteiger partial charge in [0.1, 0.15) is 0 Å². The molecule has 28 heavy (non-hydrogen) atoms. The number of benzene rings is 1. The maximum Gasteiger partial charge on any atom is 0.227 e. The Morgan fingerprint density at radius 3 is 2.71 bits per heavy atom. The second-order valence-corrected chi connectivity index (χ2v) is 8.26. The quantitative estimate of drug-likeness (QED) is 0.674. The van der Waals surface area contributed by atoms with Crippen LogP contribution in [0.25, 0.3) is 11.1 Å². The predicted molar refractivity (Wildman–Crippen MR) is 112 cm³/mol. The Kier molecular flexibility index (Phi) is 5.84. The fraction of sp³-hybridized carbons (Fsp3) is 0.304. The molecule has 0 atom stereocenters. The number of nitrogens with zero attached hydrogens (tertiary/aromatic N) is 1. The Balaban J connectivity index is 1.60. The number of ether oxygens (including phenoxy) is 1. The van der Waals surface area contributed by atoms with E-state index in [-0.39, 0.29) is 5.91 Å². The van der Waals surface area contributed by atoms with Crippen LogP contribution in [0.15, 0.2) is 66.3 Å². The Bertz CT molecular complexity index is 903. The zero-order valence-electron chi connectivity index (χ0n) is 15.8. The van der Waals surface area contributed by atoms with Crippen molar-refractivity contribution < 1.29 is 9.53 Å². The number of hydrogen-bond donors (Lipinski definition) is 1. The number of nitrogens with one attached hydrogen (secondary N) is 1. The molecule has 3 aromatic rings. The third-order valence-corrected chi connectivity index (χ3v) is 6.33. The Morgan fingerprint density at radius 1 is 1.11 bits per heavy atom. The molecule has 4 rings (SSSR count). The van der Waals surface area contributed by atoms with Gasteiger partial charge in [0, 0.05) is 36.0 Å². The molecule has 3 heterocycles. The van der Waals surface area contributed by atoms with Gasteiger partial charge in [0.2, 0.25) is 5.91 Å². The summed E-state index contributed by atoms with van der Waals surface area (Å²) in [6.07, 6.45) is 5.85. The van der Waals surface area contributed by atoms with Gasteiger partial charge in [-0.3, -0.25) is 9.78 Å². The molecule has 1 fully saturated rings. The van der Waals surface area contributed by atoms with Crippen molar-refractivity contribution in [1.29, 1.82) is 0 Å². The number of rotatable bonds is 6. The molecular formula is C23H24N2O2S. The zero-order valence-corrected chi connectivity index (χ0v) is 16.6. The van der Waals surface area contributed by atoms with E-state index in [1.807, 2.05) is 35.8 Å². The molecule has 1 saturated heterocycles. The Morgan fingerprint density at radius 2 is 1.96 bits per heavy atom. The number of aromatic nitrogens is 1. The SMILES string of the molecule is O=C(NCc1cccs1)C1(Cc2ccccc2-c2cccnc2)CCOCC1. The van der Waals surface area contributed by atoms with Crippen LogP contribution in [0.4, 0.5) is 0 Å². The number of carbonyl (C=O) groups is 1. The molecule has 144 valence electrons. The molecular weight excluding hydrogens is 368 g/mol. The van der Waals surface area contributed by atoms with Crippen molar-refractivity contribution in [2.45, 2.75) is 25.8 Å². The maximum atomic E-state index is 13.3. The molecule has 5 heteroatoms. The van der Waals surface area contributed by atoms with E-state index in [1.54, 1.807) is 17.5 Å². The van der Waals surface area contributed by atoms with Gasteiger partial charge in [-0.2, -0.15) is 0 Å². The molecule has 0 saturated carbocycles. The first-order valence-electron chi connectivity index (χ1n) is 9.64. The molecule has 1 aliphatic rings. The van der Waals surface area contributed by atoms with Gasteiger partial charge in [-0.25, -0.2) is 0 Å². The lowest BCUT2D eigenvalue weighted by Gasteiger charge is -2.36. The third-order valence-electron chi connectivity index (χ3n) is 5.45. The van der Waals surface area contributed by atoms with Gasteiger partial charge in [-0.05, 0) is 47.9 Å². The highest BCUT2D eigenvalue weighted by molar-refractivity contribution is 7.09. The van der Waals surface area contributed by atoms with Crippen LogP contribution in [-0.4, -0.2) is 24.1 Å². The Labute approximate surface area is 169 Å². The van der Waals surface area contributed by atoms with E-state index < -0.39 is 5.41 Å². The van der Waals surface area contributed by atoms with Crippen LogP contribution in [0.3, 0.4) is 0 Å². The maximum absolute atomic E-state index is 13.3. The average molecular weight is 393 g/mol. The van der Waals surface area contributed by atoms with Gasteiger partial charge in [-0.1, -0.05) is 36.4 Å². The van der Waals surface area contributed by atoms with Crippen molar-refractivity contribution in [2.24, 2.45) is 5.41 Å². The Hall–Kier alpha value is -2.50. The molecule has 0 bridgehead atoms. The van der Waals surface area contributed by atoms with Crippen molar-refractivity contribution in [2.75, 3.05) is 13.2 Å². The van der Waals surface area contributed by atoms with Crippen molar-refractivity contribution in [1.82, 2.24) is 10.3 Å². The van der Waals surface area contributed by atoms with Crippen LogP contribution in [0.5, 0.6) is 0 Å². The van der Waals surface area contributed by atoms with E-state index in [2.05, 4.69) is 34.6 Å². The summed E-state index contributed by atoms with van der Waals surface area (Å²) in [4.78, 5) is 18.7. The van der Waals surface area contributed by atoms with Crippen LogP contribution in [0.1, 0.15) is 23.3 Å². The lowest BCUT2D eigenvalue weighted by atomic mass is 9.73. The smallest absolute Gasteiger partial charge is 0.227 e. The van der Waals surface area contributed by atoms with E-state index in [1.165, 1.54) is 10.4 Å². The topological polar surface area (TPSA) is 51.2 Å². The fourth-order valence-corrected chi connectivity index (χ4v) is 4.50. The first kappa shape index (κ1) is 18.8. The molecule has 4 nitrogen and oxygen atoms in total. The number of hydrogen-bond acceptors (Lipinski definition) is 4. The van der Waals surface area contributed by atoms with Gasteiger partial charge >= 0.3 is 0 Å².